The normalized spacial score (nSPS) is 13.6. The highest BCUT2D eigenvalue weighted by Crippen LogP contribution is 2.23. The fourth-order valence-electron chi connectivity index (χ4n) is 2.75. The molecule has 0 saturated carbocycles. The molecule has 0 aliphatic carbocycles. The minimum Gasteiger partial charge on any atom is -0.452 e. The Labute approximate surface area is 155 Å². The number of amides is 3. The van der Waals surface area contributed by atoms with E-state index in [4.69, 9.17) is 4.74 Å². The van der Waals surface area contributed by atoms with Crippen LogP contribution in [0.15, 0.2) is 48.5 Å². The molecule has 0 radical (unpaired) electrons. The number of nitrogens with one attached hydrogen (secondary N) is 1. The molecule has 3 rings (SSSR count). The Balaban J connectivity index is 1.56. The maximum Gasteiger partial charge on any atom is 0.338 e. The zero-order valence-electron chi connectivity index (χ0n) is 14.7. The Morgan fingerprint density at radius 3 is 2.33 bits per heavy atom. The van der Waals surface area contributed by atoms with Gasteiger partial charge >= 0.3 is 5.97 Å². The highest BCUT2D eigenvalue weighted by Gasteiger charge is 2.30. The van der Waals surface area contributed by atoms with Gasteiger partial charge in [-0.2, -0.15) is 0 Å². The Hall–Kier alpha value is -3.48. The molecule has 7 heteroatoms. The second-order valence-electron chi connectivity index (χ2n) is 6.16. The van der Waals surface area contributed by atoms with Gasteiger partial charge in [-0.1, -0.05) is 12.1 Å². The van der Waals surface area contributed by atoms with Gasteiger partial charge in [0.2, 0.25) is 11.8 Å². The zero-order chi connectivity index (χ0) is 19.4. The number of aryl methyl sites for hydroxylation is 1. The van der Waals surface area contributed by atoms with Crippen molar-refractivity contribution in [2.45, 2.75) is 19.8 Å². The second kappa shape index (κ2) is 7.82. The summed E-state index contributed by atoms with van der Waals surface area (Å²) in [5.74, 6) is -1.63. The summed E-state index contributed by atoms with van der Waals surface area (Å²) in [5.41, 5.74) is 2.26. The monoisotopic (exact) mass is 366 g/mol. The van der Waals surface area contributed by atoms with Crippen LogP contribution in [0.1, 0.15) is 28.8 Å². The van der Waals surface area contributed by atoms with Crippen LogP contribution in [0.2, 0.25) is 0 Å². The summed E-state index contributed by atoms with van der Waals surface area (Å²) in [6, 6.07) is 13.2. The Morgan fingerprint density at radius 1 is 1.04 bits per heavy atom. The van der Waals surface area contributed by atoms with Crippen molar-refractivity contribution in [1.29, 1.82) is 0 Å². The minimum atomic E-state index is -0.667. The molecule has 138 valence electrons. The van der Waals surface area contributed by atoms with Crippen molar-refractivity contribution >= 4 is 35.1 Å². The van der Waals surface area contributed by atoms with Crippen LogP contribution in [0.3, 0.4) is 0 Å². The van der Waals surface area contributed by atoms with Crippen molar-refractivity contribution in [3.05, 3.63) is 59.7 Å². The molecule has 1 aliphatic rings. The fourth-order valence-corrected chi connectivity index (χ4v) is 2.75. The average Bonchev–Trinajstić information content (AvgIpc) is 2.98. The van der Waals surface area contributed by atoms with Crippen molar-refractivity contribution in [3.63, 3.8) is 0 Å². The maximum absolute atomic E-state index is 12.1. The number of ether oxygens (including phenoxy) is 1. The first-order valence-corrected chi connectivity index (χ1v) is 8.43. The van der Waals surface area contributed by atoms with Crippen LogP contribution >= 0.6 is 0 Å². The topological polar surface area (TPSA) is 92.8 Å². The van der Waals surface area contributed by atoms with Crippen LogP contribution in [0.4, 0.5) is 11.4 Å². The number of anilines is 2. The molecule has 1 heterocycles. The molecule has 27 heavy (non-hydrogen) atoms. The van der Waals surface area contributed by atoms with E-state index in [1.807, 2.05) is 19.1 Å². The summed E-state index contributed by atoms with van der Waals surface area (Å²) in [6.45, 7) is 1.49. The Bertz CT molecular complexity index is 889. The first kappa shape index (κ1) is 18.3. The molecule has 3 amide bonds. The lowest BCUT2D eigenvalue weighted by molar-refractivity contribution is -0.121. The maximum atomic E-state index is 12.1. The van der Waals surface area contributed by atoms with Crippen LogP contribution in [0.25, 0.3) is 0 Å². The largest absolute Gasteiger partial charge is 0.452 e. The number of nitrogens with zero attached hydrogens (tertiary/aromatic N) is 1. The molecular weight excluding hydrogens is 348 g/mol. The molecule has 0 atom stereocenters. The third-order valence-electron chi connectivity index (χ3n) is 4.05. The van der Waals surface area contributed by atoms with Gasteiger partial charge < -0.3 is 10.1 Å². The fraction of sp³-hybridized carbons (Fsp3) is 0.200. The number of esters is 1. The summed E-state index contributed by atoms with van der Waals surface area (Å²) in [4.78, 5) is 48.5. The van der Waals surface area contributed by atoms with E-state index in [0.29, 0.717) is 11.4 Å². The molecule has 0 spiro atoms. The molecule has 1 fully saturated rings. The van der Waals surface area contributed by atoms with Gasteiger partial charge in [0, 0.05) is 18.5 Å². The van der Waals surface area contributed by atoms with E-state index in [0.717, 1.165) is 10.5 Å². The van der Waals surface area contributed by atoms with E-state index in [-0.39, 0.29) is 30.2 Å². The number of benzene rings is 2. The molecule has 0 bridgehead atoms. The number of hydrogen-bond donors (Lipinski definition) is 1. The molecule has 1 N–H and O–H groups in total. The lowest BCUT2D eigenvalue weighted by Gasteiger charge is -2.14. The quantitative estimate of drug-likeness (QED) is 0.648. The van der Waals surface area contributed by atoms with Gasteiger partial charge in [0.15, 0.2) is 6.61 Å². The van der Waals surface area contributed by atoms with Gasteiger partial charge in [-0.15, -0.1) is 0 Å². The Kier molecular flexibility index (Phi) is 5.30. The van der Waals surface area contributed by atoms with Crippen LogP contribution in [0.5, 0.6) is 0 Å². The highest BCUT2D eigenvalue weighted by molar-refractivity contribution is 6.19. The Morgan fingerprint density at radius 2 is 1.70 bits per heavy atom. The molecule has 1 saturated heterocycles. The van der Waals surface area contributed by atoms with Crippen LogP contribution in [-0.4, -0.2) is 30.3 Å². The van der Waals surface area contributed by atoms with E-state index in [1.54, 1.807) is 12.1 Å². The van der Waals surface area contributed by atoms with Crippen molar-refractivity contribution < 1.29 is 23.9 Å². The average molecular weight is 366 g/mol. The van der Waals surface area contributed by atoms with E-state index in [1.165, 1.54) is 24.3 Å². The summed E-state index contributed by atoms with van der Waals surface area (Å²) in [7, 11) is 0. The predicted molar refractivity (Wildman–Crippen MR) is 98.3 cm³/mol. The molecule has 0 aromatic heterocycles. The van der Waals surface area contributed by atoms with E-state index in [2.05, 4.69) is 5.32 Å². The lowest BCUT2D eigenvalue weighted by atomic mass is 10.2. The third-order valence-corrected chi connectivity index (χ3v) is 4.05. The number of imide groups is 1. The molecule has 2 aromatic rings. The molecule has 0 unspecified atom stereocenters. The zero-order valence-corrected chi connectivity index (χ0v) is 14.7. The summed E-state index contributed by atoms with van der Waals surface area (Å²) >= 11 is 0. The van der Waals surface area contributed by atoms with Gasteiger partial charge in [-0.05, 0) is 48.9 Å². The summed E-state index contributed by atoms with van der Waals surface area (Å²) in [6.07, 6.45) is 0.386. The molecule has 2 aromatic carbocycles. The van der Waals surface area contributed by atoms with Crippen molar-refractivity contribution in [2.75, 3.05) is 16.8 Å². The van der Waals surface area contributed by atoms with E-state index in [9.17, 15) is 19.2 Å². The van der Waals surface area contributed by atoms with Gasteiger partial charge in [0.1, 0.15) is 0 Å². The second-order valence-corrected chi connectivity index (χ2v) is 6.16. The van der Waals surface area contributed by atoms with E-state index < -0.39 is 18.5 Å². The summed E-state index contributed by atoms with van der Waals surface area (Å²) in [5, 5.41) is 2.65. The predicted octanol–water partition coefficient (Wildman–Crippen LogP) is 2.44. The van der Waals surface area contributed by atoms with Crippen LogP contribution in [0, 0.1) is 6.92 Å². The van der Waals surface area contributed by atoms with E-state index >= 15 is 0 Å². The summed E-state index contributed by atoms with van der Waals surface area (Å²) < 4.78 is 5.00. The number of carbonyl (C=O) groups is 4. The standard InChI is InChI=1S/C20H18N2O5/c1-13-3-2-4-15(11-13)21-17(23)12-27-20(26)14-5-7-16(8-6-14)22-18(24)9-10-19(22)25/h2-8,11H,9-10,12H2,1H3,(H,21,23). The van der Waals surface area contributed by atoms with Gasteiger partial charge in [-0.25, -0.2) is 4.79 Å². The number of hydrogen-bond acceptors (Lipinski definition) is 5. The molecule has 7 nitrogen and oxygen atoms in total. The molecular formula is C20H18N2O5. The minimum absolute atomic E-state index is 0.193. The van der Waals surface area contributed by atoms with Gasteiger partial charge in [-0.3, -0.25) is 19.3 Å². The number of rotatable bonds is 5. The van der Waals surface area contributed by atoms with Crippen molar-refractivity contribution in [2.24, 2.45) is 0 Å². The van der Waals surface area contributed by atoms with Gasteiger partial charge in [0.05, 0.1) is 11.3 Å². The van der Waals surface area contributed by atoms with Gasteiger partial charge in [0.25, 0.3) is 5.91 Å². The third kappa shape index (κ3) is 4.38. The van der Waals surface area contributed by atoms with Crippen LogP contribution in [-0.2, 0) is 19.1 Å². The van der Waals surface area contributed by atoms with Crippen LogP contribution < -0.4 is 10.2 Å². The SMILES string of the molecule is Cc1cccc(NC(=O)COC(=O)c2ccc(N3C(=O)CCC3=O)cc2)c1. The first-order valence-electron chi connectivity index (χ1n) is 8.43. The van der Waals surface area contributed by atoms with Crippen molar-refractivity contribution in [1.82, 2.24) is 0 Å². The first-order chi connectivity index (χ1) is 12.9. The smallest absolute Gasteiger partial charge is 0.338 e. The van der Waals surface area contributed by atoms with Crippen molar-refractivity contribution in [3.8, 4) is 0 Å². The molecule has 1 aliphatic heterocycles. The number of carbonyl (C=O) groups excluding carboxylic acids is 4. The lowest BCUT2D eigenvalue weighted by Crippen LogP contribution is -2.28. The highest BCUT2D eigenvalue weighted by atomic mass is 16.5.